The zero-order chi connectivity index (χ0) is 17.3. The van der Waals surface area contributed by atoms with Crippen LogP contribution in [-0.2, 0) is 17.8 Å². The van der Waals surface area contributed by atoms with Gasteiger partial charge in [-0.15, -0.1) is 0 Å². The molecule has 1 spiro atoms. The molecule has 0 saturated carbocycles. The lowest BCUT2D eigenvalue weighted by Gasteiger charge is -2.33. The van der Waals surface area contributed by atoms with Crippen LogP contribution in [-0.4, -0.2) is 55.0 Å². The summed E-state index contributed by atoms with van der Waals surface area (Å²) in [6.45, 7) is 9.35. The summed E-state index contributed by atoms with van der Waals surface area (Å²) in [5.41, 5.74) is 3.03. The number of carbonyl (C=O) groups excluding carboxylic acids is 1. The van der Waals surface area contributed by atoms with Crippen LogP contribution in [0.25, 0.3) is 0 Å². The molecule has 0 aromatic heterocycles. The van der Waals surface area contributed by atoms with Gasteiger partial charge in [-0.1, -0.05) is 24.3 Å². The Morgan fingerprint density at radius 1 is 1.20 bits per heavy atom. The van der Waals surface area contributed by atoms with Crippen LogP contribution in [0.4, 0.5) is 0 Å². The van der Waals surface area contributed by atoms with Gasteiger partial charge in [0.15, 0.2) is 0 Å². The fraction of sp³-hybridized carbons (Fsp3) is 0.667. The molecule has 2 fully saturated rings. The van der Waals surface area contributed by atoms with E-state index < -0.39 is 0 Å². The minimum absolute atomic E-state index is 0.216. The fourth-order valence-electron chi connectivity index (χ4n) is 5.12. The first-order valence-electron chi connectivity index (χ1n) is 9.89. The molecule has 1 aromatic carbocycles. The first kappa shape index (κ1) is 17.0. The van der Waals surface area contributed by atoms with Crippen LogP contribution in [0.1, 0.15) is 37.3 Å². The first-order chi connectivity index (χ1) is 12.1. The SMILES string of the molecule is CC(=O)N1Cc2ccccc2CC2(CCN(CC3CCNCC3)C2)C1. The summed E-state index contributed by atoms with van der Waals surface area (Å²) in [6.07, 6.45) is 4.96. The lowest BCUT2D eigenvalue weighted by molar-refractivity contribution is -0.130. The van der Waals surface area contributed by atoms with Crippen molar-refractivity contribution >= 4 is 5.91 Å². The van der Waals surface area contributed by atoms with Crippen molar-refractivity contribution < 1.29 is 4.79 Å². The number of amides is 1. The van der Waals surface area contributed by atoms with Gasteiger partial charge in [-0.2, -0.15) is 0 Å². The van der Waals surface area contributed by atoms with E-state index in [-0.39, 0.29) is 11.3 Å². The Hall–Kier alpha value is -1.39. The van der Waals surface area contributed by atoms with E-state index in [4.69, 9.17) is 0 Å². The Balaban J connectivity index is 1.51. The molecular weight excluding hydrogens is 310 g/mol. The number of fused-ring (bicyclic) bond motifs is 1. The molecule has 25 heavy (non-hydrogen) atoms. The van der Waals surface area contributed by atoms with E-state index in [0.717, 1.165) is 32.0 Å². The number of rotatable bonds is 2. The van der Waals surface area contributed by atoms with Gasteiger partial charge >= 0.3 is 0 Å². The van der Waals surface area contributed by atoms with Gasteiger partial charge in [0.25, 0.3) is 0 Å². The van der Waals surface area contributed by atoms with E-state index in [2.05, 4.69) is 39.4 Å². The Kier molecular flexibility index (Phi) is 4.83. The molecule has 4 rings (SSSR count). The standard InChI is InChI=1S/C21H31N3O/c1-17(25)24-14-20-5-3-2-4-19(20)12-21(16-24)8-11-23(15-21)13-18-6-9-22-10-7-18/h2-5,18,22H,6-16H2,1H3. The van der Waals surface area contributed by atoms with Gasteiger partial charge in [-0.3, -0.25) is 4.79 Å². The first-order valence-corrected chi connectivity index (χ1v) is 9.89. The topological polar surface area (TPSA) is 35.6 Å². The zero-order valence-corrected chi connectivity index (χ0v) is 15.5. The minimum Gasteiger partial charge on any atom is -0.338 e. The average Bonchev–Trinajstić information content (AvgIpc) is 2.90. The number of nitrogens with zero attached hydrogens (tertiary/aromatic N) is 2. The zero-order valence-electron chi connectivity index (χ0n) is 15.5. The minimum atomic E-state index is 0.216. The molecule has 0 aliphatic carbocycles. The molecule has 1 unspecified atom stereocenters. The van der Waals surface area contributed by atoms with Crippen molar-refractivity contribution in [1.29, 1.82) is 0 Å². The summed E-state index contributed by atoms with van der Waals surface area (Å²) in [6, 6.07) is 8.73. The fourth-order valence-corrected chi connectivity index (χ4v) is 5.12. The maximum atomic E-state index is 12.2. The molecule has 2 saturated heterocycles. The van der Waals surface area contributed by atoms with Crippen LogP contribution in [0.5, 0.6) is 0 Å². The molecule has 4 nitrogen and oxygen atoms in total. The smallest absolute Gasteiger partial charge is 0.219 e. The molecule has 3 aliphatic rings. The number of likely N-dealkylation sites (tertiary alicyclic amines) is 1. The molecule has 1 N–H and O–H groups in total. The summed E-state index contributed by atoms with van der Waals surface area (Å²) in [5.74, 6) is 1.06. The Bertz CT molecular complexity index is 625. The van der Waals surface area contributed by atoms with E-state index in [9.17, 15) is 4.79 Å². The number of hydrogen-bond acceptors (Lipinski definition) is 3. The van der Waals surface area contributed by atoms with Gasteiger partial charge in [0.2, 0.25) is 5.91 Å². The Morgan fingerprint density at radius 2 is 1.96 bits per heavy atom. The molecule has 3 aliphatic heterocycles. The summed E-state index contributed by atoms with van der Waals surface area (Å²) in [5, 5.41) is 3.47. The molecule has 1 aromatic rings. The molecule has 4 heteroatoms. The largest absolute Gasteiger partial charge is 0.338 e. The molecule has 0 bridgehead atoms. The van der Waals surface area contributed by atoms with E-state index in [1.165, 1.54) is 56.6 Å². The monoisotopic (exact) mass is 341 g/mol. The lowest BCUT2D eigenvalue weighted by Crippen LogP contribution is -2.42. The second-order valence-corrected chi connectivity index (χ2v) is 8.50. The van der Waals surface area contributed by atoms with Crippen molar-refractivity contribution in [2.45, 2.75) is 39.2 Å². The highest BCUT2D eigenvalue weighted by Crippen LogP contribution is 2.39. The van der Waals surface area contributed by atoms with Gasteiger partial charge in [-0.25, -0.2) is 0 Å². The van der Waals surface area contributed by atoms with Crippen molar-refractivity contribution in [3.63, 3.8) is 0 Å². The van der Waals surface area contributed by atoms with Crippen LogP contribution in [0.15, 0.2) is 24.3 Å². The van der Waals surface area contributed by atoms with Crippen LogP contribution in [0, 0.1) is 11.3 Å². The Labute approximate surface area is 151 Å². The van der Waals surface area contributed by atoms with E-state index in [0.29, 0.717) is 0 Å². The van der Waals surface area contributed by atoms with Gasteiger partial charge < -0.3 is 15.1 Å². The number of piperidine rings is 1. The number of hydrogen-bond donors (Lipinski definition) is 1. The summed E-state index contributed by atoms with van der Waals surface area (Å²) >= 11 is 0. The van der Waals surface area contributed by atoms with Gasteiger partial charge in [-0.05, 0) is 62.4 Å². The van der Waals surface area contributed by atoms with Crippen molar-refractivity contribution in [3.05, 3.63) is 35.4 Å². The second kappa shape index (κ2) is 7.08. The van der Waals surface area contributed by atoms with Crippen LogP contribution >= 0.6 is 0 Å². The molecule has 1 atom stereocenters. The van der Waals surface area contributed by atoms with E-state index in [1.54, 1.807) is 6.92 Å². The number of nitrogens with one attached hydrogen (secondary N) is 1. The maximum Gasteiger partial charge on any atom is 0.219 e. The number of carbonyl (C=O) groups is 1. The number of benzene rings is 1. The summed E-state index contributed by atoms with van der Waals surface area (Å²) < 4.78 is 0. The van der Waals surface area contributed by atoms with Gasteiger partial charge in [0.05, 0.1) is 0 Å². The second-order valence-electron chi connectivity index (χ2n) is 8.50. The quantitative estimate of drug-likeness (QED) is 0.896. The third-order valence-electron chi connectivity index (χ3n) is 6.51. The highest BCUT2D eigenvalue weighted by molar-refractivity contribution is 5.73. The van der Waals surface area contributed by atoms with Crippen molar-refractivity contribution in [3.8, 4) is 0 Å². The normalized spacial score (nSPS) is 28.1. The van der Waals surface area contributed by atoms with Crippen molar-refractivity contribution in [2.24, 2.45) is 11.3 Å². The summed E-state index contributed by atoms with van der Waals surface area (Å²) in [4.78, 5) is 17.0. The highest BCUT2D eigenvalue weighted by atomic mass is 16.2. The molecule has 136 valence electrons. The van der Waals surface area contributed by atoms with Crippen molar-refractivity contribution in [2.75, 3.05) is 39.3 Å². The van der Waals surface area contributed by atoms with Gasteiger partial charge in [0, 0.05) is 38.5 Å². The molecule has 1 amide bonds. The molecular formula is C21H31N3O. The predicted molar refractivity (Wildman–Crippen MR) is 100 cm³/mol. The molecule has 0 radical (unpaired) electrons. The maximum absolute atomic E-state index is 12.2. The average molecular weight is 341 g/mol. The van der Waals surface area contributed by atoms with Gasteiger partial charge in [0.1, 0.15) is 0 Å². The van der Waals surface area contributed by atoms with Crippen LogP contribution in [0.3, 0.4) is 0 Å². The lowest BCUT2D eigenvalue weighted by atomic mass is 9.80. The summed E-state index contributed by atoms with van der Waals surface area (Å²) in [7, 11) is 0. The van der Waals surface area contributed by atoms with Crippen LogP contribution in [0.2, 0.25) is 0 Å². The predicted octanol–water partition coefficient (Wildman–Crippen LogP) is 2.28. The molecule has 3 heterocycles. The Morgan fingerprint density at radius 3 is 2.72 bits per heavy atom. The van der Waals surface area contributed by atoms with Crippen LogP contribution < -0.4 is 5.32 Å². The van der Waals surface area contributed by atoms with E-state index >= 15 is 0 Å². The third kappa shape index (κ3) is 3.75. The third-order valence-corrected chi connectivity index (χ3v) is 6.51. The highest BCUT2D eigenvalue weighted by Gasteiger charge is 2.42. The van der Waals surface area contributed by atoms with E-state index in [1.807, 2.05) is 0 Å². The van der Waals surface area contributed by atoms with Crippen molar-refractivity contribution in [1.82, 2.24) is 15.1 Å².